The van der Waals surface area contributed by atoms with E-state index in [1.165, 1.54) is 4.90 Å². The zero-order valence-corrected chi connectivity index (χ0v) is 11.0. The van der Waals surface area contributed by atoms with Gasteiger partial charge >= 0.3 is 0 Å². The predicted molar refractivity (Wildman–Crippen MR) is 70.6 cm³/mol. The van der Waals surface area contributed by atoms with Crippen molar-refractivity contribution in [1.82, 2.24) is 4.90 Å². The molecule has 1 aromatic rings. The van der Waals surface area contributed by atoms with Crippen LogP contribution in [0.15, 0.2) is 24.3 Å². The van der Waals surface area contributed by atoms with Gasteiger partial charge in [-0.15, -0.1) is 0 Å². The molecule has 5 nitrogen and oxygen atoms in total. The van der Waals surface area contributed by atoms with E-state index >= 15 is 0 Å². The fourth-order valence-electron chi connectivity index (χ4n) is 2.13. The van der Waals surface area contributed by atoms with Crippen molar-refractivity contribution >= 4 is 11.8 Å². The van der Waals surface area contributed by atoms with Crippen LogP contribution in [0.2, 0.25) is 0 Å². The maximum atomic E-state index is 11.8. The van der Waals surface area contributed by atoms with Gasteiger partial charge in [0.2, 0.25) is 11.8 Å². The number of imide groups is 1. The number of rotatable bonds is 4. The number of hydrogen-bond acceptors (Lipinski definition) is 4. The Morgan fingerprint density at radius 2 is 2.00 bits per heavy atom. The summed E-state index contributed by atoms with van der Waals surface area (Å²) in [7, 11) is 1.61. The monoisotopic (exact) mass is 262 g/mol. The van der Waals surface area contributed by atoms with Gasteiger partial charge in [0.05, 0.1) is 13.2 Å². The van der Waals surface area contributed by atoms with Crippen LogP contribution in [0.3, 0.4) is 0 Å². The van der Waals surface area contributed by atoms with E-state index in [9.17, 15) is 9.59 Å². The van der Waals surface area contributed by atoms with E-state index in [4.69, 9.17) is 10.5 Å². The molecule has 1 aromatic carbocycles. The Bertz CT molecular complexity index is 470. The molecular weight excluding hydrogens is 244 g/mol. The summed E-state index contributed by atoms with van der Waals surface area (Å²) in [5.74, 6) is 0.404. The highest BCUT2D eigenvalue weighted by molar-refractivity contribution is 6.00. The minimum Gasteiger partial charge on any atom is -0.497 e. The minimum absolute atomic E-state index is 0.125. The molecule has 2 amide bonds. The number of methoxy groups -OCH3 is 1. The number of nitrogens with zero attached hydrogens (tertiary/aromatic N) is 1. The molecule has 1 fully saturated rings. The van der Waals surface area contributed by atoms with Gasteiger partial charge in [-0.25, -0.2) is 0 Å². The van der Waals surface area contributed by atoms with Gasteiger partial charge in [0, 0.05) is 13.0 Å². The lowest BCUT2D eigenvalue weighted by Crippen LogP contribution is -2.51. The number of carbonyl (C=O) groups excluding carboxylic acids is 2. The highest BCUT2D eigenvalue weighted by Crippen LogP contribution is 2.15. The van der Waals surface area contributed by atoms with Gasteiger partial charge in [-0.1, -0.05) is 12.1 Å². The van der Waals surface area contributed by atoms with Gasteiger partial charge in [-0.2, -0.15) is 0 Å². The molecular formula is C14H18N2O3. The largest absolute Gasteiger partial charge is 0.497 e. The van der Waals surface area contributed by atoms with Crippen LogP contribution < -0.4 is 10.5 Å². The van der Waals surface area contributed by atoms with Gasteiger partial charge in [0.1, 0.15) is 5.75 Å². The van der Waals surface area contributed by atoms with Crippen molar-refractivity contribution in [2.24, 2.45) is 5.73 Å². The molecule has 0 spiro atoms. The number of benzene rings is 1. The van der Waals surface area contributed by atoms with E-state index in [2.05, 4.69) is 0 Å². The molecule has 2 rings (SSSR count). The van der Waals surface area contributed by atoms with E-state index in [1.807, 2.05) is 24.3 Å². The van der Waals surface area contributed by atoms with Crippen molar-refractivity contribution in [2.75, 3.05) is 13.7 Å². The molecule has 1 atom stereocenters. The molecule has 2 N–H and O–H groups in total. The van der Waals surface area contributed by atoms with Gasteiger partial charge in [-0.05, 0) is 30.5 Å². The Morgan fingerprint density at radius 1 is 1.32 bits per heavy atom. The quantitative estimate of drug-likeness (QED) is 0.811. The van der Waals surface area contributed by atoms with Crippen molar-refractivity contribution in [3.8, 4) is 5.75 Å². The van der Waals surface area contributed by atoms with E-state index in [0.29, 0.717) is 25.8 Å². The fourth-order valence-corrected chi connectivity index (χ4v) is 2.13. The van der Waals surface area contributed by atoms with Crippen LogP contribution in [0.25, 0.3) is 0 Å². The number of nitrogens with two attached hydrogens (primary N) is 1. The molecule has 5 heteroatoms. The fraction of sp³-hybridized carbons (Fsp3) is 0.429. The smallest absolute Gasteiger partial charge is 0.246 e. The third-order valence-electron chi connectivity index (χ3n) is 3.34. The lowest BCUT2D eigenvalue weighted by Gasteiger charge is -2.28. The molecule has 102 valence electrons. The molecule has 0 aliphatic carbocycles. The SMILES string of the molecule is COc1ccc(CCN2C(=O)CCC(N)C2=O)cc1. The Labute approximate surface area is 112 Å². The van der Waals surface area contributed by atoms with Crippen molar-refractivity contribution in [3.63, 3.8) is 0 Å². The molecule has 1 heterocycles. The molecule has 1 aliphatic heterocycles. The first-order valence-electron chi connectivity index (χ1n) is 6.34. The second-order valence-corrected chi connectivity index (χ2v) is 4.63. The van der Waals surface area contributed by atoms with Crippen LogP contribution in [0.4, 0.5) is 0 Å². The summed E-state index contributed by atoms with van der Waals surface area (Å²) in [5.41, 5.74) is 6.73. The standard InChI is InChI=1S/C14H18N2O3/c1-19-11-4-2-10(3-5-11)8-9-16-13(17)7-6-12(15)14(16)18/h2-5,12H,6-9,15H2,1H3. The summed E-state index contributed by atoms with van der Waals surface area (Å²) in [6.45, 7) is 0.387. The van der Waals surface area contributed by atoms with Crippen LogP contribution >= 0.6 is 0 Å². The summed E-state index contributed by atoms with van der Waals surface area (Å²) in [4.78, 5) is 24.8. The molecule has 0 saturated carbocycles. The normalized spacial score (nSPS) is 19.7. The highest BCUT2D eigenvalue weighted by Gasteiger charge is 2.31. The van der Waals surface area contributed by atoms with Gasteiger partial charge < -0.3 is 10.5 Å². The zero-order chi connectivity index (χ0) is 13.8. The van der Waals surface area contributed by atoms with Crippen molar-refractivity contribution in [1.29, 1.82) is 0 Å². The van der Waals surface area contributed by atoms with Gasteiger partial charge in [0.25, 0.3) is 0 Å². The molecule has 0 bridgehead atoms. The number of ether oxygens (including phenoxy) is 1. The Balaban J connectivity index is 1.96. The summed E-state index contributed by atoms with van der Waals surface area (Å²) in [6, 6.07) is 7.05. The number of amides is 2. The molecule has 0 aromatic heterocycles. The molecule has 1 aliphatic rings. The summed E-state index contributed by atoms with van der Waals surface area (Å²) < 4.78 is 5.08. The minimum atomic E-state index is -0.534. The molecule has 1 unspecified atom stereocenters. The van der Waals surface area contributed by atoms with E-state index in [1.54, 1.807) is 7.11 Å². The lowest BCUT2D eigenvalue weighted by atomic mass is 10.0. The molecule has 1 saturated heterocycles. The third kappa shape index (κ3) is 3.12. The average molecular weight is 262 g/mol. The first kappa shape index (κ1) is 13.5. The van der Waals surface area contributed by atoms with Crippen LogP contribution in [0.5, 0.6) is 5.75 Å². The predicted octanol–water partition coefficient (Wildman–Crippen LogP) is 0.714. The van der Waals surface area contributed by atoms with Crippen molar-refractivity contribution < 1.29 is 14.3 Å². The summed E-state index contributed by atoms with van der Waals surface area (Å²) in [5, 5.41) is 0. The van der Waals surface area contributed by atoms with Gasteiger partial charge in [-0.3, -0.25) is 14.5 Å². The average Bonchev–Trinajstić information content (AvgIpc) is 2.44. The van der Waals surface area contributed by atoms with Crippen LogP contribution in [-0.2, 0) is 16.0 Å². The summed E-state index contributed by atoms with van der Waals surface area (Å²) >= 11 is 0. The Morgan fingerprint density at radius 3 is 2.63 bits per heavy atom. The lowest BCUT2D eigenvalue weighted by molar-refractivity contribution is -0.149. The van der Waals surface area contributed by atoms with Crippen molar-refractivity contribution in [3.05, 3.63) is 29.8 Å². The number of carbonyl (C=O) groups is 2. The maximum absolute atomic E-state index is 11.8. The topological polar surface area (TPSA) is 72.6 Å². The second kappa shape index (κ2) is 5.84. The Kier molecular flexibility index (Phi) is 4.16. The molecule has 19 heavy (non-hydrogen) atoms. The first-order chi connectivity index (χ1) is 9.11. The number of likely N-dealkylation sites (tertiary alicyclic amines) is 1. The van der Waals surface area contributed by atoms with Crippen LogP contribution in [0.1, 0.15) is 18.4 Å². The number of piperidine rings is 1. The van der Waals surface area contributed by atoms with Crippen LogP contribution in [-0.4, -0.2) is 36.4 Å². The maximum Gasteiger partial charge on any atom is 0.246 e. The Hall–Kier alpha value is -1.88. The highest BCUT2D eigenvalue weighted by atomic mass is 16.5. The van der Waals surface area contributed by atoms with E-state index < -0.39 is 6.04 Å². The molecule has 0 radical (unpaired) electrons. The van der Waals surface area contributed by atoms with E-state index in [0.717, 1.165) is 11.3 Å². The first-order valence-corrected chi connectivity index (χ1v) is 6.34. The van der Waals surface area contributed by atoms with E-state index in [-0.39, 0.29) is 11.8 Å². The summed E-state index contributed by atoms with van der Waals surface area (Å²) in [6.07, 6.45) is 1.44. The van der Waals surface area contributed by atoms with Crippen molar-refractivity contribution in [2.45, 2.75) is 25.3 Å². The zero-order valence-electron chi connectivity index (χ0n) is 11.0. The van der Waals surface area contributed by atoms with Gasteiger partial charge in [0.15, 0.2) is 0 Å². The number of hydrogen-bond donors (Lipinski definition) is 1. The van der Waals surface area contributed by atoms with Crippen LogP contribution in [0, 0.1) is 0 Å². The third-order valence-corrected chi connectivity index (χ3v) is 3.34. The second-order valence-electron chi connectivity index (χ2n) is 4.63.